The third kappa shape index (κ3) is 5.73. The van der Waals surface area contributed by atoms with E-state index in [1.807, 2.05) is 25.7 Å². The van der Waals surface area contributed by atoms with Crippen molar-refractivity contribution >= 4 is 14.4 Å². The van der Waals surface area contributed by atoms with Crippen LogP contribution in [-0.2, 0) is 9.16 Å². The fourth-order valence-electron chi connectivity index (χ4n) is 2.60. The van der Waals surface area contributed by atoms with Gasteiger partial charge in [-0.1, -0.05) is 13.8 Å². The van der Waals surface area contributed by atoms with E-state index in [0.717, 1.165) is 12.2 Å². The average molecular weight is 314 g/mol. The number of ether oxygens (including phenoxy) is 1. The van der Waals surface area contributed by atoms with Crippen LogP contribution in [0.1, 0.15) is 41.0 Å². The molecule has 0 radical (unpaired) electrons. The number of carbonyl (C=O) groups is 1. The maximum absolute atomic E-state index is 12.5. The molecule has 1 unspecified atom stereocenters. The largest absolute Gasteiger partial charge is 0.546 e. The molecule has 0 saturated carbocycles. The summed E-state index contributed by atoms with van der Waals surface area (Å²) in [4.78, 5) is 14.3. The van der Waals surface area contributed by atoms with E-state index in [9.17, 15) is 4.79 Å². The number of hydrogen-bond donors (Lipinski definition) is 0. The van der Waals surface area contributed by atoms with Crippen LogP contribution in [0.5, 0.6) is 0 Å². The Hall–Kier alpha value is -0.973. The van der Waals surface area contributed by atoms with Crippen LogP contribution >= 0.6 is 0 Å². The topological polar surface area (TPSA) is 38.8 Å². The van der Waals surface area contributed by atoms with E-state index in [0.29, 0.717) is 6.54 Å². The molecule has 0 aromatic rings. The summed E-state index contributed by atoms with van der Waals surface area (Å²) in [5, 5.41) is 0. The minimum absolute atomic E-state index is 0.175. The average Bonchev–Trinajstić information content (AvgIpc) is 2.23. The highest BCUT2D eigenvalue weighted by molar-refractivity contribution is 6.70. The van der Waals surface area contributed by atoms with Crippen molar-refractivity contribution in [3.8, 4) is 0 Å². The maximum Gasteiger partial charge on any atom is 0.410 e. The van der Waals surface area contributed by atoms with Gasteiger partial charge in [-0.25, -0.2) is 4.79 Å². The Morgan fingerprint density at radius 1 is 1.38 bits per heavy atom. The predicted octanol–water partition coefficient (Wildman–Crippen LogP) is 4.39. The van der Waals surface area contributed by atoms with Gasteiger partial charge in [0.25, 0.3) is 0 Å². The van der Waals surface area contributed by atoms with Crippen molar-refractivity contribution < 1.29 is 14.0 Å². The smallest absolute Gasteiger partial charge is 0.410 e. The van der Waals surface area contributed by atoms with E-state index in [1.54, 1.807) is 0 Å². The number of carbonyl (C=O) groups excluding carboxylic acids is 1. The van der Waals surface area contributed by atoms with E-state index in [4.69, 9.17) is 9.16 Å². The van der Waals surface area contributed by atoms with Crippen LogP contribution in [0.2, 0.25) is 19.6 Å². The molecule has 1 amide bonds. The van der Waals surface area contributed by atoms with E-state index < -0.39 is 13.9 Å². The van der Waals surface area contributed by atoms with Crippen LogP contribution < -0.4 is 0 Å². The van der Waals surface area contributed by atoms with Gasteiger partial charge >= 0.3 is 6.09 Å². The van der Waals surface area contributed by atoms with E-state index >= 15 is 0 Å². The predicted molar refractivity (Wildman–Crippen MR) is 88.7 cm³/mol. The molecule has 2 atom stereocenters. The molecule has 1 aliphatic rings. The second kappa shape index (κ2) is 6.42. The van der Waals surface area contributed by atoms with E-state index in [-0.39, 0.29) is 18.1 Å². The van der Waals surface area contributed by atoms with Crippen molar-refractivity contribution in [1.29, 1.82) is 0 Å². The monoisotopic (exact) mass is 313 g/mol. The molecule has 0 spiro atoms. The van der Waals surface area contributed by atoms with Gasteiger partial charge in [-0.05, 0) is 58.8 Å². The summed E-state index contributed by atoms with van der Waals surface area (Å²) in [6, 6.07) is 0.175. The zero-order valence-electron chi connectivity index (χ0n) is 14.8. The summed E-state index contributed by atoms with van der Waals surface area (Å²) in [6.45, 7) is 16.9. The SMILES string of the molecule is CC[C@@H]1C(C)C=C(O[Si](C)(C)C)CN1C(=O)OC(C)(C)C. The Kier molecular flexibility index (Phi) is 5.53. The normalized spacial score (nSPS) is 23.6. The molecule has 0 aliphatic carbocycles. The molecular formula is C16H31NO3Si. The Bertz CT molecular complexity index is 407. The lowest BCUT2D eigenvalue weighted by molar-refractivity contribution is 0.00918. The summed E-state index contributed by atoms with van der Waals surface area (Å²) in [5.41, 5.74) is -0.473. The molecule has 4 nitrogen and oxygen atoms in total. The van der Waals surface area contributed by atoms with Gasteiger partial charge in [0, 0.05) is 6.04 Å². The summed E-state index contributed by atoms with van der Waals surface area (Å²) in [5.74, 6) is 1.19. The van der Waals surface area contributed by atoms with Crippen molar-refractivity contribution in [1.82, 2.24) is 4.90 Å². The molecule has 0 aromatic carbocycles. The molecule has 0 aromatic heterocycles. The van der Waals surface area contributed by atoms with Crippen LogP contribution in [0.15, 0.2) is 11.8 Å². The first-order valence-corrected chi connectivity index (χ1v) is 11.2. The van der Waals surface area contributed by atoms with Crippen molar-refractivity contribution in [2.24, 2.45) is 5.92 Å². The number of rotatable bonds is 3. The zero-order valence-corrected chi connectivity index (χ0v) is 15.8. The van der Waals surface area contributed by atoms with Crippen LogP contribution in [0.25, 0.3) is 0 Å². The van der Waals surface area contributed by atoms with Gasteiger partial charge in [0.15, 0.2) is 0 Å². The summed E-state index contributed by atoms with van der Waals surface area (Å²) >= 11 is 0. The van der Waals surface area contributed by atoms with Crippen LogP contribution in [0.3, 0.4) is 0 Å². The Morgan fingerprint density at radius 3 is 2.38 bits per heavy atom. The molecule has 1 heterocycles. The number of amides is 1. The minimum atomic E-state index is -1.66. The van der Waals surface area contributed by atoms with Crippen LogP contribution in [-0.4, -0.2) is 37.5 Å². The standard InChI is InChI=1S/C16H31NO3Si/c1-9-14-12(2)10-13(20-21(6,7)8)11-17(14)15(18)19-16(3,4)5/h10,12,14H,9,11H2,1-8H3/t12?,14-/m1/s1. The lowest BCUT2D eigenvalue weighted by atomic mass is 9.94. The molecule has 21 heavy (non-hydrogen) atoms. The quantitative estimate of drug-likeness (QED) is 0.725. The molecule has 0 saturated heterocycles. The maximum atomic E-state index is 12.5. The van der Waals surface area contributed by atoms with Crippen LogP contribution in [0, 0.1) is 5.92 Å². The Labute approximate surface area is 130 Å². The van der Waals surface area contributed by atoms with Gasteiger partial charge in [-0.2, -0.15) is 0 Å². The van der Waals surface area contributed by atoms with Gasteiger partial charge in [0.1, 0.15) is 5.60 Å². The Balaban J connectivity index is 2.92. The summed E-state index contributed by atoms with van der Waals surface area (Å²) in [7, 11) is -1.66. The van der Waals surface area contributed by atoms with Crippen LogP contribution in [0.4, 0.5) is 4.79 Å². The molecule has 122 valence electrons. The molecule has 1 aliphatic heterocycles. The molecular weight excluding hydrogens is 282 g/mol. The zero-order chi connectivity index (χ0) is 16.4. The van der Waals surface area contributed by atoms with Gasteiger partial charge in [-0.3, -0.25) is 4.90 Å². The first-order chi connectivity index (χ1) is 9.43. The van der Waals surface area contributed by atoms with E-state index in [1.165, 1.54) is 0 Å². The number of hydrogen-bond acceptors (Lipinski definition) is 3. The third-order valence-corrected chi connectivity index (χ3v) is 4.14. The molecule has 0 N–H and O–H groups in total. The summed E-state index contributed by atoms with van der Waals surface area (Å²) in [6.07, 6.45) is 2.84. The molecule has 5 heteroatoms. The van der Waals surface area contributed by atoms with Crippen molar-refractivity contribution in [3.05, 3.63) is 11.8 Å². The highest BCUT2D eigenvalue weighted by atomic mass is 28.4. The lowest BCUT2D eigenvalue weighted by Crippen LogP contribution is -2.49. The molecule has 0 fully saturated rings. The fraction of sp³-hybridized carbons (Fsp3) is 0.812. The fourth-order valence-corrected chi connectivity index (χ4v) is 3.52. The van der Waals surface area contributed by atoms with Crippen molar-refractivity contribution in [3.63, 3.8) is 0 Å². The van der Waals surface area contributed by atoms with Gasteiger partial charge in [0.2, 0.25) is 8.32 Å². The van der Waals surface area contributed by atoms with Gasteiger partial charge < -0.3 is 9.16 Å². The third-order valence-electron chi connectivity index (χ3n) is 3.27. The van der Waals surface area contributed by atoms with E-state index in [2.05, 4.69) is 39.6 Å². The second-order valence-corrected chi connectivity index (χ2v) is 12.2. The van der Waals surface area contributed by atoms with Crippen molar-refractivity contribution in [2.75, 3.05) is 6.54 Å². The Morgan fingerprint density at radius 2 is 1.95 bits per heavy atom. The minimum Gasteiger partial charge on any atom is -0.546 e. The lowest BCUT2D eigenvalue weighted by Gasteiger charge is -2.40. The first-order valence-electron chi connectivity index (χ1n) is 7.82. The molecule has 1 rings (SSSR count). The van der Waals surface area contributed by atoms with Crippen molar-refractivity contribution in [2.45, 2.75) is 72.3 Å². The highest BCUT2D eigenvalue weighted by Crippen LogP contribution is 2.28. The van der Waals surface area contributed by atoms with Gasteiger partial charge in [0.05, 0.1) is 12.3 Å². The highest BCUT2D eigenvalue weighted by Gasteiger charge is 2.35. The second-order valence-electron chi connectivity index (χ2n) is 7.79. The summed E-state index contributed by atoms with van der Waals surface area (Å²) < 4.78 is 11.7. The van der Waals surface area contributed by atoms with Gasteiger partial charge in [-0.15, -0.1) is 0 Å². The first kappa shape index (κ1) is 18.1. The molecule has 0 bridgehead atoms. The number of nitrogens with zero attached hydrogens (tertiary/aromatic N) is 1.